The van der Waals surface area contributed by atoms with Crippen LogP contribution >= 0.6 is 7.11 Å². The van der Waals surface area contributed by atoms with E-state index in [9.17, 15) is 0 Å². The fourth-order valence-corrected chi connectivity index (χ4v) is 3.42. The van der Waals surface area contributed by atoms with Gasteiger partial charge in [0, 0.05) is 5.92 Å². The minimum atomic E-state index is -1.40. The van der Waals surface area contributed by atoms with E-state index in [1.165, 1.54) is 0 Å². The lowest BCUT2D eigenvalue weighted by Crippen LogP contribution is -2.27. The number of fused-ring (bicyclic) bond motifs is 1. The van der Waals surface area contributed by atoms with Crippen molar-refractivity contribution in [2.45, 2.75) is 44.1 Å². The maximum atomic E-state index is 6.01. The first-order chi connectivity index (χ1) is 7.68. The van der Waals surface area contributed by atoms with Crippen LogP contribution in [0.1, 0.15) is 20.3 Å². The zero-order chi connectivity index (χ0) is 12.8. The SMILES string of the molecule is BC1CC(COP(=C)(C)C)C2OC(C)(C)OC12. The Morgan fingerprint density at radius 1 is 1.35 bits per heavy atom. The summed E-state index contributed by atoms with van der Waals surface area (Å²) in [6.45, 7) is 8.94. The molecule has 0 spiro atoms. The summed E-state index contributed by atoms with van der Waals surface area (Å²) in [5.41, 5.74) is 0. The fraction of sp³-hybridized carbons (Fsp3) is 0.917. The second kappa shape index (κ2) is 4.41. The Balaban J connectivity index is 1.99. The summed E-state index contributed by atoms with van der Waals surface area (Å²) < 4.78 is 17.9. The molecule has 2 aliphatic rings. The van der Waals surface area contributed by atoms with E-state index in [1.807, 2.05) is 13.8 Å². The van der Waals surface area contributed by atoms with Gasteiger partial charge in [0.15, 0.2) is 5.79 Å². The third-order valence-electron chi connectivity index (χ3n) is 3.50. The number of hydrogen-bond acceptors (Lipinski definition) is 3. The van der Waals surface area contributed by atoms with Crippen molar-refractivity contribution >= 4 is 21.3 Å². The molecule has 0 aromatic rings. The van der Waals surface area contributed by atoms with E-state index in [0.717, 1.165) is 13.0 Å². The Morgan fingerprint density at radius 3 is 2.53 bits per heavy atom. The van der Waals surface area contributed by atoms with Gasteiger partial charge in [0.05, 0.1) is 18.8 Å². The molecule has 1 heterocycles. The summed E-state index contributed by atoms with van der Waals surface area (Å²) in [6.07, 6.45) is 5.65. The van der Waals surface area contributed by atoms with E-state index in [4.69, 9.17) is 14.0 Å². The molecule has 0 N–H and O–H groups in total. The van der Waals surface area contributed by atoms with E-state index in [0.29, 0.717) is 11.7 Å². The van der Waals surface area contributed by atoms with Crippen LogP contribution in [0.15, 0.2) is 0 Å². The van der Waals surface area contributed by atoms with Crippen molar-refractivity contribution in [3.8, 4) is 0 Å². The molecule has 1 saturated carbocycles. The summed E-state index contributed by atoms with van der Waals surface area (Å²) in [6, 6.07) is 0. The highest BCUT2D eigenvalue weighted by atomic mass is 31.2. The number of rotatable bonds is 3. The Kier molecular flexibility index (Phi) is 3.55. The molecule has 2 fully saturated rings. The predicted octanol–water partition coefficient (Wildman–Crippen LogP) is 1.59. The van der Waals surface area contributed by atoms with Gasteiger partial charge in [-0.25, -0.2) is 0 Å². The molecule has 17 heavy (non-hydrogen) atoms. The first kappa shape index (κ1) is 13.7. The summed E-state index contributed by atoms with van der Waals surface area (Å²) in [5.74, 6) is 0.580. The summed E-state index contributed by atoms with van der Waals surface area (Å²) in [7, 11) is 0.840. The molecule has 0 bridgehead atoms. The minimum Gasteiger partial charge on any atom is -0.362 e. The van der Waals surface area contributed by atoms with Gasteiger partial charge in [0.25, 0.3) is 0 Å². The second-order valence-electron chi connectivity index (χ2n) is 6.41. The van der Waals surface area contributed by atoms with Crippen LogP contribution in [0.5, 0.6) is 0 Å². The lowest BCUT2D eigenvalue weighted by molar-refractivity contribution is -0.157. The molecule has 0 aromatic carbocycles. The largest absolute Gasteiger partial charge is 0.362 e. The minimum absolute atomic E-state index is 0.201. The summed E-state index contributed by atoms with van der Waals surface area (Å²) in [5, 5.41) is 0. The van der Waals surface area contributed by atoms with E-state index >= 15 is 0 Å². The molecular formula is C12H24BO3P. The molecule has 1 saturated heterocycles. The molecule has 3 nitrogen and oxygen atoms in total. The van der Waals surface area contributed by atoms with Crippen molar-refractivity contribution in [2.24, 2.45) is 5.92 Å². The highest BCUT2D eigenvalue weighted by molar-refractivity contribution is 7.67. The van der Waals surface area contributed by atoms with E-state index < -0.39 is 12.9 Å². The van der Waals surface area contributed by atoms with E-state index in [2.05, 4.69) is 27.5 Å². The average molecular weight is 258 g/mol. The van der Waals surface area contributed by atoms with Gasteiger partial charge in [-0.1, -0.05) is 6.30 Å². The first-order valence-corrected chi connectivity index (χ1v) is 9.15. The van der Waals surface area contributed by atoms with Crippen molar-refractivity contribution in [3.63, 3.8) is 0 Å². The van der Waals surface area contributed by atoms with Gasteiger partial charge >= 0.3 is 0 Å². The van der Waals surface area contributed by atoms with E-state index in [1.54, 1.807) is 0 Å². The van der Waals surface area contributed by atoms with Gasteiger partial charge in [-0.2, -0.15) is 0 Å². The third kappa shape index (κ3) is 3.17. The molecule has 98 valence electrons. The molecule has 0 aromatic heterocycles. The zero-order valence-electron chi connectivity index (χ0n) is 11.6. The van der Waals surface area contributed by atoms with Crippen LogP contribution in [-0.2, 0) is 14.0 Å². The normalized spacial score (nSPS) is 40.5. The van der Waals surface area contributed by atoms with Crippen molar-refractivity contribution in [1.82, 2.24) is 0 Å². The van der Waals surface area contributed by atoms with Crippen molar-refractivity contribution in [2.75, 3.05) is 19.9 Å². The van der Waals surface area contributed by atoms with Gasteiger partial charge in [-0.3, -0.25) is 0 Å². The monoisotopic (exact) mass is 258 g/mol. The lowest BCUT2D eigenvalue weighted by atomic mass is 9.84. The smallest absolute Gasteiger partial charge is 0.163 e. The third-order valence-corrected chi connectivity index (χ3v) is 4.35. The molecule has 1 aliphatic carbocycles. The van der Waals surface area contributed by atoms with Crippen LogP contribution in [0.4, 0.5) is 0 Å². The van der Waals surface area contributed by atoms with Crippen LogP contribution < -0.4 is 0 Å². The summed E-state index contributed by atoms with van der Waals surface area (Å²) >= 11 is 0. The van der Waals surface area contributed by atoms with Gasteiger partial charge in [-0.05, 0) is 46.5 Å². The number of ether oxygens (including phenoxy) is 2. The Labute approximate surface area is 106 Å². The standard InChI is InChI=1S/C12H24BO3P/c1-12(2)15-10-8(7-14-17(3,4)5)6-9(13)11(10)16-12/h8-11H,3,6-7,13H2,1-2,4-5H3. The molecular weight excluding hydrogens is 234 g/mol. The van der Waals surface area contributed by atoms with E-state index in [-0.39, 0.29) is 12.2 Å². The first-order valence-electron chi connectivity index (χ1n) is 6.36. The van der Waals surface area contributed by atoms with Crippen molar-refractivity contribution in [3.05, 3.63) is 0 Å². The fourth-order valence-electron chi connectivity index (χ4n) is 2.83. The molecule has 0 radical (unpaired) electrons. The number of hydrogen-bond donors (Lipinski definition) is 0. The predicted molar refractivity (Wildman–Crippen MR) is 76.1 cm³/mol. The Bertz CT molecular complexity index is 339. The molecule has 4 unspecified atom stereocenters. The molecule has 4 atom stereocenters. The Morgan fingerprint density at radius 2 is 1.94 bits per heavy atom. The van der Waals surface area contributed by atoms with Crippen LogP contribution in [0.25, 0.3) is 0 Å². The molecule has 5 heteroatoms. The molecule has 2 rings (SSSR count). The molecule has 1 aliphatic heterocycles. The van der Waals surface area contributed by atoms with Gasteiger partial charge in [0.1, 0.15) is 7.85 Å². The topological polar surface area (TPSA) is 27.7 Å². The van der Waals surface area contributed by atoms with Crippen LogP contribution in [0, 0.1) is 5.92 Å². The van der Waals surface area contributed by atoms with Gasteiger partial charge in [-0.15, -0.1) is 0 Å². The highest BCUT2D eigenvalue weighted by Crippen LogP contribution is 2.48. The van der Waals surface area contributed by atoms with Crippen LogP contribution in [0.2, 0.25) is 5.82 Å². The highest BCUT2D eigenvalue weighted by Gasteiger charge is 2.52. The zero-order valence-corrected chi connectivity index (χ0v) is 12.5. The van der Waals surface area contributed by atoms with Crippen molar-refractivity contribution < 1.29 is 14.0 Å². The molecule has 0 amide bonds. The lowest BCUT2D eigenvalue weighted by Gasteiger charge is -2.24. The maximum absolute atomic E-state index is 6.01. The average Bonchev–Trinajstić information content (AvgIpc) is 2.58. The van der Waals surface area contributed by atoms with Gasteiger partial charge < -0.3 is 14.0 Å². The quantitative estimate of drug-likeness (QED) is 0.568. The van der Waals surface area contributed by atoms with Crippen LogP contribution in [0.3, 0.4) is 0 Å². The van der Waals surface area contributed by atoms with Gasteiger partial charge in [0.2, 0.25) is 0 Å². The Hall–Kier alpha value is 0.245. The van der Waals surface area contributed by atoms with Crippen LogP contribution in [-0.4, -0.2) is 52.1 Å². The maximum Gasteiger partial charge on any atom is 0.163 e. The summed E-state index contributed by atoms with van der Waals surface area (Å²) in [4.78, 5) is 0. The second-order valence-corrected chi connectivity index (χ2v) is 9.81. The van der Waals surface area contributed by atoms with Crippen molar-refractivity contribution in [1.29, 1.82) is 0 Å².